The molecule has 2 aromatic carbocycles. The molecule has 2 heterocycles. The fourth-order valence-corrected chi connectivity index (χ4v) is 4.05. The van der Waals surface area contributed by atoms with Crippen LogP contribution in [0.15, 0.2) is 76.5 Å². The number of halogens is 2. The van der Waals surface area contributed by atoms with E-state index in [4.69, 9.17) is 27.6 Å². The normalized spacial score (nSPS) is 10.9. The summed E-state index contributed by atoms with van der Waals surface area (Å²) in [7, 11) is 0. The second-order valence-electron chi connectivity index (χ2n) is 6.27. The number of carbonyl (C=O) groups is 1. The van der Waals surface area contributed by atoms with Crippen molar-refractivity contribution in [2.45, 2.75) is 11.7 Å². The summed E-state index contributed by atoms with van der Waals surface area (Å²) in [4.78, 5) is 12.5. The Kier molecular flexibility index (Phi) is 6.42. The number of amides is 1. The Bertz CT molecular complexity index is 1130. The Morgan fingerprint density at radius 1 is 1.00 bits per heavy atom. The van der Waals surface area contributed by atoms with Crippen LogP contribution in [-0.2, 0) is 11.3 Å². The van der Waals surface area contributed by atoms with Gasteiger partial charge in [0.1, 0.15) is 5.76 Å². The topological polar surface area (TPSA) is 73.0 Å². The van der Waals surface area contributed by atoms with E-state index in [0.29, 0.717) is 33.3 Å². The van der Waals surface area contributed by atoms with Crippen LogP contribution in [0.4, 0.5) is 5.69 Å². The number of nitrogens with one attached hydrogen (secondary N) is 1. The molecule has 0 radical (unpaired) electrons. The molecule has 0 unspecified atom stereocenters. The van der Waals surface area contributed by atoms with Crippen LogP contribution in [-0.4, -0.2) is 26.4 Å². The van der Waals surface area contributed by atoms with E-state index in [-0.39, 0.29) is 11.7 Å². The number of anilines is 1. The van der Waals surface area contributed by atoms with Crippen LogP contribution in [0.2, 0.25) is 10.0 Å². The lowest BCUT2D eigenvalue weighted by Crippen LogP contribution is -2.15. The second kappa shape index (κ2) is 9.38. The van der Waals surface area contributed by atoms with Crippen LogP contribution in [0.3, 0.4) is 0 Å². The van der Waals surface area contributed by atoms with E-state index >= 15 is 0 Å². The molecule has 0 bridgehead atoms. The zero-order valence-corrected chi connectivity index (χ0v) is 17.9. The maximum Gasteiger partial charge on any atom is 0.234 e. The molecule has 1 N–H and O–H groups in total. The van der Waals surface area contributed by atoms with Crippen LogP contribution in [0.1, 0.15) is 5.76 Å². The summed E-state index contributed by atoms with van der Waals surface area (Å²) >= 11 is 13.5. The third-order valence-electron chi connectivity index (χ3n) is 4.20. The number of thioether (sulfide) groups is 1. The first-order chi connectivity index (χ1) is 14.6. The van der Waals surface area contributed by atoms with Gasteiger partial charge < -0.3 is 9.73 Å². The van der Waals surface area contributed by atoms with Crippen molar-refractivity contribution in [3.8, 4) is 11.4 Å². The van der Waals surface area contributed by atoms with Gasteiger partial charge in [-0.25, -0.2) is 0 Å². The summed E-state index contributed by atoms with van der Waals surface area (Å²) in [5, 5.41) is 12.7. The van der Waals surface area contributed by atoms with E-state index in [1.54, 1.807) is 24.5 Å². The molecule has 0 fully saturated rings. The van der Waals surface area contributed by atoms with E-state index in [1.807, 2.05) is 47.0 Å². The standard InChI is InChI=1S/C21H16Cl2N4O2S/c22-16-9-4-10-17(23)19(16)24-18(28)13-30-21-26-25-20(14-6-2-1-3-7-14)27(21)12-15-8-5-11-29-15/h1-11H,12-13H2,(H,24,28). The third-order valence-corrected chi connectivity index (χ3v) is 5.80. The van der Waals surface area contributed by atoms with Crippen molar-refractivity contribution in [2.24, 2.45) is 0 Å². The molecule has 4 aromatic rings. The van der Waals surface area contributed by atoms with Crippen molar-refractivity contribution in [3.63, 3.8) is 0 Å². The molecule has 0 atom stereocenters. The molecule has 0 saturated heterocycles. The molecule has 0 spiro atoms. The van der Waals surface area contributed by atoms with Crippen LogP contribution >= 0.6 is 35.0 Å². The Hall–Kier alpha value is -2.74. The van der Waals surface area contributed by atoms with Crippen molar-refractivity contribution in [1.82, 2.24) is 14.8 Å². The molecule has 0 aliphatic rings. The SMILES string of the molecule is O=C(CSc1nnc(-c2ccccc2)n1Cc1ccco1)Nc1c(Cl)cccc1Cl. The Morgan fingerprint density at radius 2 is 1.77 bits per heavy atom. The van der Waals surface area contributed by atoms with Gasteiger partial charge in [0.05, 0.1) is 34.3 Å². The summed E-state index contributed by atoms with van der Waals surface area (Å²) in [6.07, 6.45) is 1.62. The van der Waals surface area contributed by atoms with Gasteiger partial charge in [-0.2, -0.15) is 0 Å². The average molecular weight is 459 g/mol. The van der Waals surface area contributed by atoms with Crippen molar-refractivity contribution < 1.29 is 9.21 Å². The zero-order chi connectivity index (χ0) is 20.9. The highest BCUT2D eigenvalue weighted by Gasteiger charge is 2.17. The predicted molar refractivity (Wildman–Crippen MR) is 119 cm³/mol. The summed E-state index contributed by atoms with van der Waals surface area (Å²) in [5.74, 6) is 1.33. The first-order valence-electron chi connectivity index (χ1n) is 8.99. The minimum Gasteiger partial charge on any atom is -0.467 e. The number of carbonyl (C=O) groups excluding carboxylic acids is 1. The molecule has 2 aromatic heterocycles. The van der Waals surface area contributed by atoms with Crippen LogP contribution in [0.5, 0.6) is 0 Å². The molecule has 152 valence electrons. The third kappa shape index (κ3) is 4.70. The highest BCUT2D eigenvalue weighted by atomic mass is 35.5. The number of furan rings is 1. The number of aromatic nitrogens is 3. The van der Waals surface area contributed by atoms with Gasteiger partial charge in [0, 0.05) is 5.56 Å². The maximum absolute atomic E-state index is 12.5. The van der Waals surface area contributed by atoms with E-state index in [1.165, 1.54) is 11.8 Å². The van der Waals surface area contributed by atoms with Crippen LogP contribution < -0.4 is 5.32 Å². The first kappa shape index (κ1) is 20.5. The Balaban J connectivity index is 1.53. The summed E-state index contributed by atoms with van der Waals surface area (Å²) < 4.78 is 7.41. The monoisotopic (exact) mass is 458 g/mol. The molecule has 0 saturated carbocycles. The second-order valence-corrected chi connectivity index (χ2v) is 8.03. The smallest absolute Gasteiger partial charge is 0.234 e. The quantitative estimate of drug-likeness (QED) is 0.363. The van der Waals surface area contributed by atoms with Crippen molar-refractivity contribution in [3.05, 3.63) is 82.7 Å². The number of para-hydroxylation sites is 1. The van der Waals surface area contributed by atoms with E-state index < -0.39 is 0 Å². The molecule has 0 aliphatic heterocycles. The van der Waals surface area contributed by atoms with Gasteiger partial charge in [-0.05, 0) is 24.3 Å². The van der Waals surface area contributed by atoms with Crippen LogP contribution in [0, 0.1) is 0 Å². The summed E-state index contributed by atoms with van der Waals surface area (Å²) in [5.41, 5.74) is 1.32. The Morgan fingerprint density at radius 3 is 2.47 bits per heavy atom. The molecular formula is C21H16Cl2N4O2S. The highest BCUT2D eigenvalue weighted by molar-refractivity contribution is 7.99. The van der Waals surface area contributed by atoms with Gasteiger partial charge in [-0.1, -0.05) is 71.4 Å². The fraction of sp³-hybridized carbons (Fsp3) is 0.0952. The van der Waals surface area contributed by atoms with Gasteiger partial charge >= 0.3 is 0 Å². The molecule has 0 aliphatic carbocycles. The van der Waals surface area contributed by atoms with Gasteiger partial charge in [-0.3, -0.25) is 9.36 Å². The number of benzene rings is 2. The molecule has 9 heteroatoms. The van der Waals surface area contributed by atoms with E-state index in [0.717, 1.165) is 11.3 Å². The van der Waals surface area contributed by atoms with Gasteiger partial charge in [0.2, 0.25) is 5.91 Å². The molecule has 1 amide bonds. The number of rotatable bonds is 7. The lowest BCUT2D eigenvalue weighted by molar-refractivity contribution is -0.113. The highest BCUT2D eigenvalue weighted by Crippen LogP contribution is 2.30. The lowest BCUT2D eigenvalue weighted by Gasteiger charge is -2.10. The largest absolute Gasteiger partial charge is 0.467 e. The summed E-state index contributed by atoms with van der Waals surface area (Å²) in [6, 6.07) is 18.5. The van der Waals surface area contributed by atoms with Gasteiger partial charge in [0.25, 0.3) is 0 Å². The predicted octanol–water partition coefficient (Wildman–Crippen LogP) is 5.62. The van der Waals surface area contributed by atoms with E-state index in [2.05, 4.69) is 15.5 Å². The minimum atomic E-state index is -0.246. The molecule has 4 rings (SSSR count). The lowest BCUT2D eigenvalue weighted by atomic mass is 10.2. The molecular weight excluding hydrogens is 443 g/mol. The van der Waals surface area contributed by atoms with Crippen molar-refractivity contribution >= 4 is 46.6 Å². The zero-order valence-electron chi connectivity index (χ0n) is 15.6. The fourth-order valence-electron chi connectivity index (χ4n) is 2.82. The van der Waals surface area contributed by atoms with Crippen molar-refractivity contribution in [1.29, 1.82) is 0 Å². The maximum atomic E-state index is 12.5. The molecule has 30 heavy (non-hydrogen) atoms. The van der Waals surface area contributed by atoms with Gasteiger partial charge in [0.15, 0.2) is 11.0 Å². The van der Waals surface area contributed by atoms with E-state index in [9.17, 15) is 4.79 Å². The average Bonchev–Trinajstić information content (AvgIpc) is 3.40. The number of hydrogen-bond donors (Lipinski definition) is 1. The van der Waals surface area contributed by atoms with Crippen molar-refractivity contribution in [2.75, 3.05) is 11.1 Å². The Labute approximate surface area is 187 Å². The van der Waals surface area contributed by atoms with Gasteiger partial charge in [-0.15, -0.1) is 10.2 Å². The number of nitrogens with zero attached hydrogens (tertiary/aromatic N) is 3. The first-order valence-corrected chi connectivity index (χ1v) is 10.7. The minimum absolute atomic E-state index is 0.118. The molecule has 6 nitrogen and oxygen atoms in total. The number of hydrogen-bond acceptors (Lipinski definition) is 5. The summed E-state index contributed by atoms with van der Waals surface area (Å²) in [6.45, 7) is 0.449. The van der Waals surface area contributed by atoms with Crippen LogP contribution in [0.25, 0.3) is 11.4 Å².